The molecule has 178 valence electrons. The second-order valence-corrected chi connectivity index (χ2v) is 8.75. The summed E-state index contributed by atoms with van der Waals surface area (Å²) in [5.74, 6) is 0.763. The monoisotopic (exact) mass is 462 g/mol. The molecule has 34 heavy (non-hydrogen) atoms. The van der Waals surface area contributed by atoms with Crippen LogP contribution >= 0.6 is 0 Å². The summed E-state index contributed by atoms with van der Waals surface area (Å²) in [7, 11) is 3.25. The fraction of sp³-hybridized carbons (Fsp3) is 0.321. The molecule has 1 unspecified atom stereocenters. The summed E-state index contributed by atoms with van der Waals surface area (Å²) in [6, 6.07) is 18.3. The van der Waals surface area contributed by atoms with Crippen molar-refractivity contribution in [3.63, 3.8) is 0 Å². The Hall–Kier alpha value is -3.38. The highest BCUT2D eigenvalue weighted by molar-refractivity contribution is 5.81. The first-order valence-electron chi connectivity index (χ1n) is 11.5. The number of rotatable bonds is 8. The first kappa shape index (κ1) is 23.8. The lowest BCUT2D eigenvalue weighted by Gasteiger charge is -2.41. The van der Waals surface area contributed by atoms with Crippen LogP contribution < -0.4 is 15.2 Å². The van der Waals surface area contributed by atoms with Crippen molar-refractivity contribution in [2.45, 2.75) is 38.3 Å². The van der Waals surface area contributed by atoms with E-state index in [-0.39, 0.29) is 17.8 Å². The molecular formula is C28H31FN2O3. The van der Waals surface area contributed by atoms with Crippen molar-refractivity contribution in [3.8, 4) is 11.5 Å². The van der Waals surface area contributed by atoms with E-state index in [2.05, 4.69) is 4.90 Å². The highest BCUT2D eigenvalue weighted by atomic mass is 19.1. The summed E-state index contributed by atoms with van der Waals surface area (Å²) in [6.45, 7) is 2.45. The van der Waals surface area contributed by atoms with E-state index in [0.717, 1.165) is 36.0 Å². The molecule has 0 saturated heterocycles. The van der Waals surface area contributed by atoms with Gasteiger partial charge in [0, 0.05) is 12.6 Å². The lowest BCUT2D eigenvalue weighted by atomic mass is 9.86. The number of nitrogens with zero attached hydrogens (tertiary/aromatic N) is 1. The van der Waals surface area contributed by atoms with E-state index in [0.29, 0.717) is 23.6 Å². The molecule has 0 aromatic heterocycles. The molecule has 0 saturated carbocycles. The van der Waals surface area contributed by atoms with Gasteiger partial charge in [0.15, 0.2) is 11.5 Å². The number of methoxy groups -OCH3 is 2. The normalized spacial score (nSPS) is 16.5. The first-order chi connectivity index (χ1) is 16.4. The molecule has 0 radical (unpaired) electrons. The summed E-state index contributed by atoms with van der Waals surface area (Å²) in [6.07, 6.45) is 2.24. The number of halogens is 1. The lowest BCUT2D eigenvalue weighted by molar-refractivity contribution is -0.124. The molecule has 1 amide bonds. The number of benzene rings is 3. The zero-order valence-electron chi connectivity index (χ0n) is 19.9. The molecule has 0 bridgehead atoms. The minimum atomic E-state index is -0.553. The quantitative estimate of drug-likeness (QED) is 0.517. The van der Waals surface area contributed by atoms with Gasteiger partial charge >= 0.3 is 0 Å². The minimum absolute atomic E-state index is 0.0772. The van der Waals surface area contributed by atoms with Crippen LogP contribution in [0.5, 0.6) is 11.5 Å². The summed E-state index contributed by atoms with van der Waals surface area (Å²) < 4.78 is 24.9. The van der Waals surface area contributed by atoms with E-state index in [9.17, 15) is 9.18 Å². The molecule has 3 aromatic rings. The summed E-state index contributed by atoms with van der Waals surface area (Å²) >= 11 is 0. The van der Waals surface area contributed by atoms with Crippen LogP contribution in [0.2, 0.25) is 0 Å². The molecule has 2 N–H and O–H groups in total. The van der Waals surface area contributed by atoms with Crippen LogP contribution in [-0.2, 0) is 17.6 Å². The highest BCUT2D eigenvalue weighted by Gasteiger charge is 2.36. The van der Waals surface area contributed by atoms with Crippen molar-refractivity contribution in [2.24, 2.45) is 5.73 Å². The predicted octanol–water partition coefficient (Wildman–Crippen LogP) is 4.91. The van der Waals surface area contributed by atoms with Crippen molar-refractivity contribution >= 4 is 5.91 Å². The van der Waals surface area contributed by atoms with E-state index < -0.39 is 6.04 Å². The van der Waals surface area contributed by atoms with Gasteiger partial charge in [0.05, 0.1) is 14.2 Å². The average Bonchev–Trinajstić information content (AvgIpc) is 2.84. The standard InChI is InChI=1S/C28H31FN2O3/c1-18-15-19(9-11-23(18)29)10-12-24-22-17-26(34-3)25(33-2)16-21(22)13-14-31(24)27(28(30)32)20-7-5-4-6-8-20/h4-9,11,15-17,24,27H,10,12-14H2,1-3H3,(H2,30,32)/t24-,27?/m0/s1. The highest BCUT2D eigenvalue weighted by Crippen LogP contribution is 2.43. The van der Waals surface area contributed by atoms with Crippen LogP contribution in [0, 0.1) is 12.7 Å². The van der Waals surface area contributed by atoms with Crippen molar-refractivity contribution in [1.29, 1.82) is 0 Å². The molecule has 1 aliphatic heterocycles. The first-order valence-corrected chi connectivity index (χ1v) is 11.5. The summed E-state index contributed by atoms with van der Waals surface area (Å²) in [4.78, 5) is 14.9. The molecule has 0 aliphatic carbocycles. The number of fused-ring (bicyclic) bond motifs is 1. The van der Waals surface area contributed by atoms with Crippen LogP contribution in [0.25, 0.3) is 0 Å². The van der Waals surface area contributed by atoms with E-state index >= 15 is 0 Å². The number of primary amides is 1. The third kappa shape index (κ3) is 4.77. The number of aryl methyl sites for hydroxylation is 2. The second-order valence-electron chi connectivity index (χ2n) is 8.75. The molecule has 1 aliphatic rings. The zero-order valence-corrected chi connectivity index (χ0v) is 19.9. The van der Waals surface area contributed by atoms with E-state index in [1.54, 1.807) is 21.1 Å². The largest absolute Gasteiger partial charge is 0.493 e. The molecule has 4 rings (SSSR count). The molecule has 0 spiro atoms. The van der Waals surface area contributed by atoms with Crippen LogP contribution in [0.15, 0.2) is 60.7 Å². The van der Waals surface area contributed by atoms with E-state index in [1.165, 1.54) is 11.6 Å². The Morgan fingerprint density at radius 3 is 2.44 bits per heavy atom. The van der Waals surface area contributed by atoms with Crippen molar-refractivity contribution in [3.05, 3.63) is 94.3 Å². The van der Waals surface area contributed by atoms with Gasteiger partial charge in [-0.05, 0) is 72.2 Å². The van der Waals surface area contributed by atoms with Gasteiger partial charge in [-0.3, -0.25) is 9.69 Å². The third-order valence-electron chi connectivity index (χ3n) is 6.69. The Labute approximate surface area is 200 Å². The number of nitrogens with two attached hydrogens (primary N) is 1. The molecule has 3 aromatic carbocycles. The SMILES string of the molecule is COc1cc2c(cc1OC)[C@H](CCc1ccc(F)c(C)c1)N(C(C(N)=O)c1ccccc1)CC2. The van der Waals surface area contributed by atoms with Crippen LogP contribution in [0.4, 0.5) is 4.39 Å². The lowest BCUT2D eigenvalue weighted by Crippen LogP contribution is -2.44. The van der Waals surface area contributed by atoms with Crippen molar-refractivity contribution < 1.29 is 18.7 Å². The maximum atomic E-state index is 13.8. The third-order valence-corrected chi connectivity index (χ3v) is 6.69. The van der Waals surface area contributed by atoms with Gasteiger partial charge in [0.1, 0.15) is 11.9 Å². The van der Waals surface area contributed by atoms with Crippen LogP contribution in [-0.4, -0.2) is 31.6 Å². The van der Waals surface area contributed by atoms with E-state index in [4.69, 9.17) is 15.2 Å². The summed E-state index contributed by atoms with van der Waals surface area (Å²) in [5, 5.41) is 0. The van der Waals surface area contributed by atoms with Crippen LogP contribution in [0.1, 0.15) is 46.3 Å². The molecule has 1 heterocycles. The van der Waals surface area contributed by atoms with Crippen LogP contribution in [0.3, 0.4) is 0 Å². The second kappa shape index (κ2) is 10.3. The summed E-state index contributed by atoms with van der Waals surface area (Å²) in [5.41, 5.74) is 10.8. The maximum absolute atomic E-state index is 13.8. The topological polar surface area (TPSA) is 64.8 Å². The Morgan fingerprint density at radius 1 is 1.09 bits per heavy atom. The Bertz CT molecular complexity index is 1170. The molecule has 0 fully saturated rings. The van der Waals surface area contributed by atoms with Gasteiger partial charge in [-0.15, -0.1) is 0 Å². The Morgan fingerprint density at radius 2 is 1.79 bits per heavy atom. The maximum Gasteiger partial charge on any atom is 0.239 e. The number of carbonyl (C=O) groups is 1. The Balaban J connectivity index is 1.75. The molecule has 5 nitrogen and oxygen atoms in total. The predicted molar refractivity (Wildman–Crippen MR) is 131 cm³/mol. The molecular weight excluding hydrogens is 431 g/mol. The fourth-order valence-corrected chi connectivity index (χ4v) is 5.00. The smallest absolute Gasteiger partial charge is 0.239 e. The van der Waals surface area contributed by atoms with Gasteiger partial charge in [-0.1, -0.05) is 42.5 Å². The number of hydrogen-bond donors (Lipinski definition) is 1. The molecule has 2 atom stereocenters. The van der Waals surface area contributed by atoms with Gasteiger partial charge < -0.3 is 15.2 Å². The number of carbonyl (C=O) groups excluding carboxylic acids is 1. The average molecular weight is 463 g/mol. The fourth-order valence-electron chi connectivity index (χ4n) is 5.00. The van der Waals surface area contributed by atoms with E-state index in [1.807, 2.05) is 54.6 Å². The number of ether oxygens (including phenoxy) is 2. The van der Waals surface area contributed by atoms with Crippen molar-refractivity contribution in [2.75, 3.05) is 20.8 Å². The zero-order chi connectivity index (χ0) is 24.2. The van der Waals surface area contributed by atoms with Crippen molar-refractivity contribution in [1.82, 2.24) is 4.90 Å². The molecule has 6 heteroatoms. The number of hydrogen-bond acceptors (Lipinski definition) is 4. The van der Waals surface area contributed by atoms with Gasteiger partial charge in [0.2, 0.25) is 5.91 Å². The van der Waals surface area contributed by atoms with Gasteiger partial charge in [-0.2, -0.15) is 0 Å². The van der Waals surface area contributed by atoms with Gasteiger partial charge in [-0.25, -0.2) is 4.39 Å². The number of amides is 1. The minimum Gasteiger partial charge on any atom is -0.493 e. The van der Waals surface area contributed by atoms with Gasteiger partial charge in [0.25, 0.3) is 0 Å². The Kier molecular flexibility index (Phi) is 7.17.